The topological polar surface area (TPSA) is 42.0 Å². The molecule has 8 rings (SSSR count). The predicted octanol–water partition coefficient (Wildman–Crippen LogP) is 7.59. The van der Waals surface area contributed by atoms with E-state index < -0.39 is 5.79 Å². The average molecular weight is 575 g/mol. The van der Waals surface area contributed by atoms with E-state index in [4.69, 9.17) is 9.47 Å². The van der Waals surface area contributed by atoms with E-state index in [9.17, 15) is 4.79 Å². The molecular weight excluding hydrogens is 532 g/mol. The molecule has 4 aliphatic rings. The number of carbonyl (C=O) groups is 1. The van der Waals surface area contributed by atoms with Gasteiger partial charge in [-0.05, 0) is 96.9 Å². The van der Waals surface area contributed by atoms with Crippen molar-refractivity contribution in [1.82, 2.24) is 9.80 Å². The standard InChI is InChI=1S/C38H42N2O3/c1-38(2)42-35-33(21-27-15-17-29-7-3-5-9-31(29)19-27)39(23-25-11-12-25)37(41)40(24-26-13-14-26)34(36(35)43-38)22-28-16-18-30-8-4-6-10-32(30)20-28/h3-10,15-20,25-26,33-36H,11-14,21-24H2,1-2H3/t33-,34-,35+,36+/m1/s1. The molecule has 5 nitrogen and oxygen atoms in total. The molecule has 4 aromatic rings. The van der Waals surface area contributed by atoms with Crippen molar-refractivity contribution < 1.29 is 14.3 Å². The van der Waals surface area contributed by atoms with Gasteiger partial charge in [0.05, 0.1) is 12.1 Å². The third kappa shape index (κ3) is 5.54. The lowest BCUT2D eigenvalue weighted by Crippen LogP contribution is -2.53. The summed E-state index contributed by atoms with van der Waals surface area (Å²) >= 11 is 0. The second-order valence-corrected chi connectivity index (χ2v) is 13.9. The van der Waals surface area contributed by atoms with Gasteiger partial charge < -0.3 is 19.3 Å². The minimum absolute atomic E-state index is 0.0932. The molecule has 2 amide bonds. The van der Waals surface area contributed by atoms with E-state index in [0.717, 1.165) is 25.9 Å². The first-order valence-electron chi connectivity index (χ1n) is 16.3. The molecule has 0 aromatic heterocycles. The highest BCUT2D eigenvalue weighted by Crippen LogP contribution is 2.43. The molecule has 2 heterocycles. The lowest BCUT2D eigenvalue weighted by atomic mass is 9.90. The van der Waals surface area contributed by atoms with Crippen molar-refractivity contribution in [2.24, 2.45) is 11.8 Å². The van der Waals surface area contributed by atoms with Crippen LogP contribution in [0.25, 0.3) is 21.5 Å². The molecule has 2 aliphatic heterocycles. The van der Waals surface area contributed by atoms with Crippen molar-refractivity contribution in [2.45, 2.75) is 82.5 Å². The maximum Gasteiger partial charge on any atom is 0.320 e. The molecule has 0 radical (unpaired) electrons. The predicted molar refractivity (Wildman–Crippen MR) is 171 cm³/mol. The van der Waals surface area contributed by atoms with Gasteiger partial charge in [0.25, 0.3) is 0 Å². The Bertz CT molecular complexity index is 1540. The van der Waals surface area contributed by atoms with Gasteiger partial charge in [-0.25, -0.2) is 4.79 Å². The molecule has 0 N–H and O–H groups in total. The highest BCUT2D eigenvalue weighted by Gasteiger charge is 2.56. The van der Waals surface area contributed by atoms with Crippen LogP contribution in [0.4, 0.5) is 4.79 Å². The van der Waals surface area contributed by atoms with Crippen LogP contribution in [-0.2, 0) is 22.3 Å². The van der Waals surface area contributed by atoms with Crippen LogP contribution in [0.2, 0.25) is 0 Å². The fourth-order valence-corrected chi connectivity index (χ4v) is 7.47. The zero-order chi connectivity index (χ0) is 29.1. The van der Waals surface area contributed by atoms with E-state index in [1.165, 1.54) is 58.4 Å². The highest BCUT2D eigenvalue weighted by atomic mass is 16.8. The number of carbonyl (C=O) groups excluding carboxylic acids is 1. The van der Waals surface area contributed by atoms with E-state index in [1.54, 1.807) is 0 Å². The molecule has 5 heteroatoms. The lowest BCUT2D eigenvalue weighted by molar-refractivity contribution is -0.157. The Labute approximate surface area is 254 Å². The number of ether oxygens (including phenoxy) is 2. The summed E-state index contributed by atoms with van der Waals surface area (Å²) in [6.45, 7) is 5.68. The third-order valence-electron chi connectivity index (χ3n) is 10.0. The molecule has 2 saturated heterocycles. The number of amides is 2. The minimum Gasteiger partial charge on any atom is -0.342 e. The van der Waals surface area contributed by atoms with Crippen LogP contribution >= 0.6 is 0 Å². The summed E-state index contributed by atoms with van der Waals surface area (Å²) in [6, 6.07) is 30.5. The quantitative estimate of drug-likeness (QED) is 0.218. The van der Waals surface area contributed by atoms with Crippen molar-refractivity contribution in [2.75, 3.05) is 13.1 Å². The Morgan fingerprint density at radius 1 is 0.628 bits per heavy atom. The van der Waals surface area contributed by atoms with E-state index >= 15 is 0 Å². The Hall–Kier alpha value is -3.41. The number of benzene rings is 4. The molecule has 4 aromatic carbocycles. The lowest BCUT2D eigenvalue weighted by Gasteiger charge is -2.37. The summed E-state index contributed by atoms with van der Waals surface area (Å²) in [5.41, 5.74) is 2.48. The number of fused-ring (bicyclic) bond motifs is 3. The van der Waals surface area contributed by atoms with Crippen molar-refractivity contribution in [3.8, 4) is 0 Å². The second-order valence-electron chi connectivity index (χ2n) is 13.9. The largest absolute Gasteiger partial charge is 0.342 e. The second kappa shape index (κ2) is 10.6. The molecule has 4 fully saturated rings. The zero-order valence-electron chi connectivity index (χ0n) is 25.3. The first-order valence-corrected chi connectivity index (χ1v) is 16.3. The van der Waals surface area contributed by atoms with E-state index in [-0.39, 0.29) is 30.3 Å². The minimum atomic E-state index is -0.713. The van der Waals surface area contributed by atoms with Crippen LogP contribution in [0, 0.1) is 11.8 Å². The first kappa shape index (κ1) is 27.2. The van der Waals surface area contributed by atoms with Gasteiger partial charge in [0.2, 0.25) is 0 Å². The van der Waals surface area contributed by atoms with Crippen LogP contribution in [0.1, 0.15) is 50.7 Å². The van der Waals surface area contributed by atoms with E-state index in [1.807, 2.05) is 13.8 Å². The summed E-state index contributed by atoms with van der Waals surface area (Å²) < 4.78 is 13.7. The third-order valence-corrected chi connectivity index (χ3v) is 10.0. The Kier molecular flexibility index (Phi) is 6.72. The summed E-state index contributed by atoms with van der Waals surface area (Å²) in [5, 5.41) is 4.95. The Morgan fingerprint density at radius 2 is 1.05 bits per heavy atom. The van der Waals surface area contributed by atoms with Crippen LogP contribution < -0.4 is 0 Å². The molecule has 0 spiro atoms. The normalized spacial score (nSPS) is 27.1. The molecule has 0 unspecified atom stereocenters. The van der Waals surface area contributed by atoms with E-state index in [0.29, 0.717) is 11.8 Å². The fourth-order valence-electron chi connectivity index (χ4n) is 7.47. The number of urea groups is 1. The van der Waals surface area contributed by atoms with Crippen LogP contribution in [-0.4, -0.2) is 59.0 Å². The van der Waals surface area contributed by atoms with Crippen molar-refractivity contribution in [3.05, 3.63) is 96.1 Å². The highest BCUT2D eigenvalue weighted by molar-refractivity contribution is 5.84. The molecular formula is C38H42N2O3. The van der Waals surface area contributed by atoms with Gasteiger partial charge in [0.15, 0.2) is 5.79 Å². The van der Waals surface area contributed by atoms with Crippen molar-refractivity contribution >= 4 is 27.6 Å². The van der Waals surface area contributed by atoms with Crippen LogP contribution in [0.3, 0.4) is 0 Å². The zero-order valence-corrected chi connectivity index (χ0v) is 25.3. The summed E-state index contributed by atoms with van der Waals surface area (Å²) in [5.74, 6) is 0.448. The summed E-state index contributed by atoms with van der Waals surface area (Å²) in [7, 11) is 0. The maximum absolute atomic E-state index is 14.8. The Morgan fingerprint density at radius 3 is 1.47 bits per heavy atom. The van der Waals surface area contributed by atoms with Gasteiger partial charge >= 0.3 is 6.03 Å². The van der Waals surface area contributed by atoms with Gasteiger partial charge in [-0.2, -0.15) is 0 Å². The van der Waals surface area contributed by atoms with Crippen molar-refractivity contribution in [1.29, 1.82) is 0 Å². The first-order chi connectivity index (χ1) is 20.9. The summed E-state index contributed by atoms with van der Waals surface area (Å²) in [6.07, 6.45) is 5.89. The van der Waals surface area contributed by atoms with Crippen LogP contribution in [0.15, 0.2) is 84.9 Å². The number of rotatable bonds is 8. The SMILES string of the molecule is CC1(C)O[C@@H]2[C@@H](O1)[C@@H](Cc1ccc3ccccc3c1)N(CC1CC1)C(=O)N(CC1CC1)[C@@H]2Cc1ccc2ccccc2c1. The number of hydrogen-bond donors (Lipinski definition) is 0. The molecule has 222 valence electrons. The smallest absolute Gasteiger partial charge is 0.320 e. The molecule has 4 atom stereocenters. The number of hydrogen-bond acceptors (Lipinski definition) is 3. The number of nitrogens with zero attached hydrogens (tertiary/aromatic N) is 2. The molecule has 2 aliphatic carbocycles. The fraction of sp³-hybridized carbons (Fsp3) is 0.447. The van der Waals surface area contributed by atoms with Crippen molar-refractivity contribution in [3.63, 3.8) is 0 Å². The van der Waals surface area contributed by atoms with Gasteiger partial charge in [-0.15, -0.1) is 0 Å². The van der Waals surface area contributed by atoms with E-state index in [2.05, 4.69) is 94.7 Å². The molecule has 2 saturated carbocycles. The van der Waals surface area contributed by atoms with Crippen LogP contribution in [0.5, 0.6) is 0 Å². The maximum atomic E-state index is 14.8. The van der Waals surface area contributed by atoms with Gasteiger partial charge in [0.1, 0.15) is 12.2 Å². The monoisotopic (exact) mass is 574 g/mol. The van der Waals surface area contributed by atoms with Gasteiger partial charge in [-0.3, -0.25) is 0 Å². The average Bonchev–Trinajstić information content (AvgIpc) is 3.95. The van der Waals surface area contributed by atoms with Gasteiger partial charge in [-0.1, -0.05) is 84.9 Å². The molecule has 43 heavy (non-hydrogen) atoms. The Balaban J connectivity index is 1.20. The van der Waals surface area contributed by atoms with Gasteiger partial charge in [0, 0.05) is 13.1 Å². The molecule has 0 bridgehead atoms. The summed E-state index contributed by atoms with van der Waals surface area (Å²) in [4.78, 5) is 19.2.